The normalized spacial score (nSPS) is 33.1. The molecular weight excluding hydrogens is 618 g/mol. The minimum atomic E-state index is -0.809. The van der Waals surface area contributed by atoms with Gasteiger partial charge >= 0.3 is 11.9 Å². The van der Waals surface area contributed by atoms with Crippen molar-refractivity contribution in [2.75, 3.05) is 13.1 Å². The van der Waals surface area contributed by atoms with E-state index >= 15 is 0 Å². The van der Waals surface area contributed by atoms with Crippen LogP contribution in [0.15, 0.2) is 81.7 Å². The van der Waals surface area contributed by atoms with Gasteiger partial charge in [-0.25, -0.2) is 9.59 Å². The molecule has 5 aliphatic carbocycles. The molecule has 0 aromatic carbocycles. The highest BCUT2D eigenvalue weighted by atomic mass is 16.5. The van der Waals surface area contributed by atoms with Crippen molar-refractivity contribution >= 4 is 23.8 Å². The van der Waals surface area contributed by atoms with Crippen LogP contribution in [-0.4, -0.2) is 41.7 Å². The second-order valence-electron chi connectivity index (χ2n) is 15.2. The number of carbonyl (C=O) groups is 4. The quantitative estimate of drug-likeness (QED) is 0.229. The summed E-state index contributed by atoms with van der Waals surface area (Å²) < 4.78 is 12.4. The number of fused-ring (bicyclic) bond motifs is 1. The van der Waals surface area contributed by atoms with Crippen molar-refractivity contribution in [3.63, 3.8) is 0 Å². The molecule has 3 fully saturated rings. The lowest BCUT2D eigenvalue weighted by atomic mass is 9.43. The monoisotopic (exact) mass is 665 g/mol. The minimum Gasteiger partial charge on any atom is -0.427 e. The number of amides is 2. The van der Waals surface area contributed by atoms with Gasteiger partial charge in [0, 0.05) is 48.2 Å². The number of nitrogens with zero attached hydrogens (tertiary/aromatic N) is 1. The van der Waals surface area contributed by atoms with E-state index in [4.69, 9.17) is 15.2 Å². The third-order valence-corrected chi connectivity index (χ3v) is 12.6. The Balaban J connectivity index is 1.29. The molecule has 9 aliphatic rings. The first-order valence-corrected chi connectivity index (χ1v) is 18.6. The topological polar surface area (TPSA) is 128 Å². The lowest BCUT2D eigenvalue weighted by molar-refractivity contribution is -0.138. The van der Waals surface area contributed by atoms with Gasteiger partial charge in [0.1, 0.15) is 11.5 Å². The molecule has 0 aromatic heterocycles. The average Bonchev–Trinajstić information content (AvgIpc) is 3.72. The molecule has 1 spiro atoms. The number of hydrogen-bond acceptors (Lipinski definition) is 8. The van der Waals surface area contributed by atoms with Gasteiger partial charge < -0.3 is 20.5 Å². The fraction of sp³-hybridized carbons (Fsp3) is 0.550. The predicted molar refractivity (Wildman–Crippen MR) is 182 cm³/mol. The molecule has 0 aromatic rings. The van der Waals surface area contributed by atoms with E-state index in [1.54, 1.807) is 0 Å². The van der Waals surface area contributed by atoms with Gasteiger partial charge in [-0.15, -0.1) is 0 Å². The van der Waals surface area contributed by atoms with Crippen molar-refractivity contribution < 1.29 is 28.7 Å². The van der Waals surface area contributed by atoms with E-state index < -0.39 is 11.3 Å². The number of nitrogens with two attached hydrogens (primary N) is 1. The van der Waals surface area contributed by atoms with E-state index in [0.29, 0.717) is 41.8 Å². The number of unbranched alkanes of at least 4 members (excludes halogenated alkanes) is 1. The van der Waals surface area contributed by atoms with Gasteiger partial charge in [-0.1, -0.05) is 51.5 Å². The first kappa shape index (κ1) is 32.1. The molecule has 4 heterocycles. The Morgan fingerprint density at radius 1 is 1.00 bits per heavy atom. The summed E-state index contributed by atoms with van der Waals surface area (Å²) >= 11 is 0. The van der Waals surface area contributed by atoms with Crippen molar-refractivity contribution in [3.8, 4) is 0 Å². The lowest BCUT2D eigenvalue weighted by Gasteiger charge is -2.57. The first-order chi connectivity index (χ1) is 23.8. The number of nitrogens with one attached hydrogen (secondary N) is 1. The van der Waals surface area contributed by atoms with Gasteiger partial charge in [0.05, 0.1) is 16.8 Å². The molecule has 4 aliphatic heterocycles. The average molecular weight is 666 g/mol. The number of dihydropyridines is 1. The fourth-order valence-electron chi connectivity index (χ4n) is 10.6. The number of hydrogen-bond donors (Lipinski definition) is 2. The fourth-order valence-corrected chi connectivity index (χ4v) is 10.6. The van der Waals surface area contributed by atoms with E-state index in [0.717, 1.165) is 67.2 Å². The van der Waals surface area contributed by atoms with Crippen molar-refractivity contribution in [2.45, 2.75) is 90.4 Å². The molecule has 2 amide bonds. The van der Waals surface area contributed by atoms with E-state index in [1.165, 1.54) is 49.2 Å². The molecule has 0 unspecified atom stereocenters. The van der Waals surface area contributed by atoms with Crippen LogP contribution in [0.5, 0.6) is 0 Å². The summed E-state index contributed by atoms with van der Waals surface area (Å²) in [5.41, 5.74) is 9.68. The van der Waals surface area contributed by atoms with Crippen LogP contribution in [0.3, 0.4) is 0 Å². The highest BCUT2D eigenvalue weighted by Crippen LogP contribution is 2.71. The number of ether oxygens (including phenoxy) is 2. The summed E-state index contributed by atoms with van der Waals surface area (Å²) in [5, 5.41) is 3.14. The number of carbonyl (C=O) groups excluding carboxylic acids is 4. The summed E-state index contributed by atoms with van der Waals surface area (Å²) in [4.78, 5) is 55.6. The Labute approximate surface area is 288 Å². The second kappa shape index (κ2) is 12.6. The van der Waals surface area contributed by atoms with Crippen LogP contribution in [0.25, 0.3) is 0 Å². The van der Waals surface area contributed by atoms with Crippen molar-refractivity contribution in [1.82, 2.24) is 10.2 Å². The zero-order chi connectivity index (χ0) is 33.9. The van der Waals surface area contributed by atoms with Crippen molar-refractivity contribution in [1.29, 1.82) is 0 Å². The first-order valence-electron chi connectivity index (χ1n) is 18.6. The smallest absolute Gasteiger partial charge is 0.340 e. The molecule has 2 bridgehead atoms. The number of allylic oxidation sites excluding steroid dienone is 5. The molecule has 49 heavy (non-hydrogen) atoms. The number of rotatable bonds is 9. The summed E-state index contributed by atoms with van der Waals surface area (Å²) in [5.74, 6) is 0.569. The molecular formula is C40H47N3O6. The molecule has 9 heteroatoms. The molecule has 1 saturated heterocycles. The largest absolute Gasteiger partial charge is 0.427 e. The van der Waals surface area contributed by atoms with Gasteiger partial charge in [0.15, 0.2) is 0 Å². The van der Waals surface area contributed by atoms with E-state index in [2.05, 4.69) is 18.3 Å². The van der Waals surface area contributed by atoms with Crippen LogP contribution in [-0.2, 0) is 28.7 Å². The maximum Gasteiger partial charge on any atom is 0.340 e. The Bertz CT molecular complexity index is 1700. The van der Waals surface area contributed by atoms with Crippen LogP contribution in [0.2, 0.25) is 0 Å². The van der Waals surface area contributed by atoms with Crippen LogP contribution in [0.4, 0.5) is 0 Å². The summed E-state index contributed by atoms with van der Waals surface area (Å²) in [6.45, 7) is 2.72. The molecule has 5 atom stereocenters. The predicted octanol–water partition coefficient (Wildman–Crippen LogP) is 5.93. The summed E-state index contributed by atoms with van der Waals surface area (Å²) in [6.07, 6.45) is 23.9. The zero-order valence-electron chi connectivity index (χ0n) is 28.4. The van der Waals surface area contributed by atoms with E-state index in [-0.39, 0.29) is 48.1 Å². The lowest BCUT2D eigenvalue weighted by Crippen LogP contribution is -2.54. The van der Waals surface area contributed by atoms with Crippen molar-refractivity contribution in [3.05, 3.63) is 81.7 Å². The van der Waals surface area contributed by atoms with Gasteiger partial charge in [-0.05, 0) is 92.1 Å². The Kier molecular flexibility index (Phi) is 8.27. The molecule has 9 nitrogen and oxygen atoms in total. The number of esters is 2. The van der Waals surface area contributed by atoms with Crippen LogP contribution >= 0.6 is 0 Å². The highest BCUT2D eigenvalue weighted by molar-refractivity contribution is 6.13. The number of cyclic esters (lactones) is 2. The number of imide groups is 1. The standard InChI is InChI=1S/C40H47N3O6/c1-2-3-11-29-27-14-13-26-25-17-19-40(36(26)35(27)38(46)48-29)30(12-7-10-23-8-5-4-6-9-23)49-39(47)37(40)34(25)28(24-18-20-42-31(41)21-24)22-43-32(44)15-16-33(43)45/h11-12,15-16,18,21,23,25-26,28,36,42H,2-10,13-14,17,19-20,22,41H2,1H3/b29-11-,30-12-/t25-,26-,28+,36+,40-/m0/s1. The molecule has 2 saturated carbocycles. The van der Waals surface area contributed by atoms with Crippen molar-refractivity contribution in [2.24, 2.45) is 40.7 Å². The summed E-state index contributed by atoms with van der Waals surface area (Å²) in [6, 6.07) is 0. The maximum absolute atomic E-state index is 14.5. The van der Waals surface area contributed by atoms with Gasteiger partial charge in [-0.2, -0.15) is 0 Å². The summed E-state index contributed by atoms with van der Waals surface area (Å²) in [7, 11) is 0. The van der Waals surface area contributed by atoms with Gasteiger partial charge in [-0.3, -0.25) is 14.5 Å². The molecule has 258 valence electrons. The van der Waals surface area contributed by atoms with E-state index in [1.807, 2.05) is 18.2 Å². The molecule has 3 N–H and O–H groups in total. The Hall–Kier alpha value is -4.14. The molecule has 9 rings (SSSR count). The Morgan fingerprint density at radius 2 is 1.80 bits per heavy atom. The third-order valence-electron chi connectivity index (χ3n) is 12.6. The van der Waals surface area contributed by atoms with Gasteiger partial charge in [0.25, 0.3) is 11.8 Å². The SMILES string of the molecule is CCC/C=C1\OC(=O)C2=C1CC[C@H]1[C@@H]3CC[C@@]4(C(=C3[C@H](CN3C(=O)C=CC3=O)C3=CCNC(N)=C3)C(=O)O/C4=C\CCC3CCCCC3)[C@@H]21. The highest BCUT2D eigenvalue weighted by Gasteiger charge is 2.69. The second-order valence-corrected chi connectivity index (χ2v) is 15.2. The van der Waals surface area contributed by atoms with Gasteiger partial charge in [0.2, 0.25) is 0 Å². The third kappa shape index (κ3) is 5.18. The Morgan fingerprint density at radius 3 is 2.55 bits per heavy atom. The van der Waals surface area contributed by atoms with Crippen LogP contribution in [0, 0.1) is 35.0 Å². The van der Waals surface area contributed by atoms with Crippen LogP contribution in [0.1, 0.15) is 90.4 Å². The molecule has 0 radical (unpaired) electrons. The zero-order valence-corrected chi connectivity index (χ0v) is 28.4. The van der Waals surface area contributed by atoms with E-state index in [9.17, 15) is 19.2 Å². The maximum atomic E-state index is 14.5. The minimum absolute atomic E-state index is 0.0299. The van der Waals surface area contributed by atoms with Crippen LogP contribution < -0.4 is 11.1 Å².